The average molecular weight is 361 g/mol. The van der Waals surface area contributed by atoms with Crippen LogP contribution in [0.2, 0.25) is 5.15 Å². The summed E-state index contributed by atoms with van der Waals surface area (Å²) in [6, 6.07) is 9.46. The number of carbonyl (C=O) groups excluding carboxylic acids is 2. The Bertz CT molecular complexity index is 802. The van der Waals surface area contributed by atoms with E-state index in [0.29, 0.717) is 16.4 Å². The number of carbonyl (C=O) groups is 2. The fourth-order valence-electron chi connectivity index (χ4n) is 1.99. The molecule has 2 rings (SSSR count). The standard InChI is InChI=1S/C19H21ClN2O3/c1-13-15(10-11-17(24)25-12-16(23)19(2,3)4)18(20)22(21-13)14-8-6-5-7-9-14/h5-11H,12H2,1-4H3/b11-10+. The molecule has 0 saturated carbocycles. The number of hydrogen-bond donors (Lipinski definition) is 0. The van der Waals surface area contributed by atoms with Crippen molar-refractivity contribution in [1.29, 1.82) is 0 Å². The normalized spacial score (nSPS) is 11.7. The number of halogens is 1. The van der Waals surface area contributed by atoms with Gasteiger partial charge in [-0.15, -0.1) is 0 Å². The van der Waals surface area contributed by atoms with E-state index in [9.17, 15) is 9.59 Å². The van der Waals surface area contributed by atoms with Crippen molar-refractivity contribution in [1.82, 2.24) is 9.78 Å². The highest BCUT2D eigenvalue weighted by atomic mass is 35.5. The molecule has 1 heterocycles. The summed E-state index contributed by atoms with van der Waals surface area (Å²) in [5.74, 6) is -0.735. The van der Waals surface area contributed by atoms with Gasteiger partial charge in [-0.05, 0) is 25.1 Å². The molecule has 6 heteroatoms. The van der Waals surface area contributed by atoms with Gasteiger partial charge in [-0.3, -0.25) is 4.79 Å². The molecule has 0 atom stereocenters. The number of nitrogens with zero attached hydrogens (tertiary/aromatic N) is 2. The fourth-order valence-corrected chi connectivity index (χ4v) is 2.33. The van der Waals surface area contributed by atoms with Crippen molar-refractivity contribution in [3.8, 4) is 5.69 Å². The van der Waals surface area contributed by atoms with Crippen LogP contribution in [-0.4, -0.2) is 28.1 Å². The van der Waals surface area contributed by atoms with Gasteiger partial charge in [-0.25, -0.2) is 9.48 Å². The highest BCUT2D eigenvalue weighted by molar-refractivity contribution is 6.31. The van der Waals surface area contributed by atoms with Gasteiger partial charge in [-0.2, -0.15) is 5.10 Å². The largest absolute Gasteiger partial charge is 0.455 e. The van der Waals surface area contributed by atoms with E-state index in [1.165, 1.54) is 6.08 Å². The first-order valence-corrected chi connectivity index (χ1v) is 8.26. The molecule has 0 saturated heterocycles. The molecule has 0 aliphatic heterocycles. The molecule has 0 aliphatic carbocycles. The van der Waals surface area contributed by atoms with Crippen LogP contribution < -0.4 is 0 Å². The number of Topliss-reactive ketones (excluding diaryl/α,β-unsaturated/α-hetero) is 1. The topological polar surface area (TPSA) is 61.2 Å². The van der Waals surface area contributed by atoms with Crippen LogP contribution in [0.1, 0.15) is 32.0 Å². The maximum atomic E-state index is 11.8. The number of ether oxygens (including phenoxy) is 1. The Morgan fingerprint density at radius 3 is 2.48 bits per heavy atom. The molecule has 0 radical (unpaired) electrons. The number of aryl methyl sites for hydroxylation is 1. The molecular formula is C19H21ClN2O3. The van der Waals surface area contributed by atoms with Crippen molar-refractivity contribution < 1.29 is 14.3 Å². The van der Waals surface area contributed by atoms with Gasteiger partial charge in [0.25, 0.3) is 0 Å². The Balaban J connectivity index is 2.10. The Kier molecular flexibility index (Phi) is 5.80. The number of rotatable bonds is 5. The van der Waals surface area contributed by atoms with Gasteiger partial charge in [0.05, 0.1) is 11.4 Å². The van der Waals surface area contributed by atoms with Crippen LogP contribution >= 0.6 is 11.6 Å². The smallest absolute Gasteiger partial charge is 0.331 e. The van der Waals surface area contributed by atoms with Crippen molar-refractivity contribution >= 4 is 29.4 Å². The first-order chi connectivity index (χ1) is 11.7. The van der Waals surface area contributed by atoms with Gasteiger partial charge in [0.1, 0.15) is 5.15 Å². The number of esters is 1. The summed E-state index contributed by atoms with van der Waals surface area (Å²) in [5.41, 5.74) is 1.60. The average Bonchev–Trinajstić information content (AvgIpc) is 2.85. The van der Waals surface area contributed by atoms with Gasteiger partial charge in [0.2, 0.25) is 0 Å². The van der Waals surface area contributed by atoms with E-state index in [4.69, 9.17) is 16.3 Å². The van der Waals surface area contributed by atoms with Crippen molar-refractivity contribution in [2.45, 2.75) is 27.7 Å². The SMILES string of the molecule is Cc1nn(-c2ccccc2)c(Cl)c1/C=C/C(=O)OCC(=O)C(C)(C)C. The summed E-state index contributed by atoms with van der Waals surface area (Å²) in [5, 5.41) is 4.79. The minimum absolute atomic E-state index is 0.139. The van der Waals surface area contributed by atoms with Crippen molar-refractivity contribution in [2.24, 2.45) is 5.41 Å². The molecular weight excluding hydrogens is 340 g/mol. The third kappa shape index (κ3) is 4.79. The molecule has 0 aliphatic rings. The molecule has 2 aromatic rings. The zero-order valence-corrected chi connectivity index (χ0v) is 15.5. The van der Waals surface area contributed by atoms with Crippen molar-refractivity contribution in [3.63, 3.8) is 0 Å². The van der Waals surface area contributed by atoms with Gasteiger partial charge in [-0.1, -0.05) is 50.6 Å². The van der Waals surface area contributed by atoms with Crippen LogP contribution in [0.3, 0.4) is 0 Å². The number of benzene rings is 1. The second-order valence-electron chi connectivity index (χ2n) is 6.65. The molecule has 1 aromatic carbocycles. The van der Waals surface area contributed by atoms with E-state index < -0.39 is 11.4 Å². The summed E-state index contributed by atoms with van der Waals surface area (Å²) in [7, 11) is 0. The summed E-state index contributed by atoms with van der Waals surface area (Å²) in [6.45, 7) is 6.89. The lowest BCUT2D eigenvalue weighted by molar-refractivity contribution is -0.145. The van der Waals surface area contributed by atoms with Gasteiger partial charge in [0.15, 0.2) is 12.4 Å². The quantitative estimate of drug-likeness (QED) is 0.597. The summed E-state index contributed by atoms with van der Waals surface area (Å²) in [6.07, 6.45) is 2.80. The van der Waals surface area contributed by atoms with Gasteiger partial charge < -0.3 is 4.74 Å². The van der Waals surface area contributed by atoms with E-state index in [0.717, 1.165) is 5.69 Å². The molecule has 1 aromatic heterocycles. The Morgan fingerprint density at radius 2 is 1.88 bits per heavy atom. The first-order valence-electron chi connectivity index (χ1n) is 7.89. The van der Waals surface area contributed by atoms with E-state index >= 15 is 0 Å². The molecule has 0 N–H and O–H groups in total. The van der Waals surface area contributed by atoms with Crippen LogP contribution in [0.4, 0.5) is 0 Å². The van der Waals surface area contributed by atoms with Crippen LogP contribution in [0, 0.1) is 12.3 Å². The molecule has 132 valence electrons. The zero-order valence-electron chi connectivity index (χ0n) is 14.7. The third-order valence-corrected chi connectivity index (χ3v) is 3.98. The predicted molar refractivity (Wildman–Crippen MR) is 97.8 cm³/mol. The van der Waals surface area contributed by atoms with Gasteiger partial charge >= 0.3 is 5.97 Å². The summed E-state index contributed by atoms with van der Waals surface area (Å²) in [4.78, 5) is 23.6. The third-order valence-electron chi connectivity index (χ3n) is 3.62. The zero-order chi connectivity index (χ0) is 18.6. The van der Waals surface area contributed by atoms with E-state index in [-0.39, 0.29) is 12.4 Å². The van der Waals surface area contributed by atoms with Crippen molar-refractivity contribution in [2.75, 3.05) is 6.61 Å². The summed E-state index contributed by atoms with van der Waals surface area (Å²) < 4.78 is 6.58. The highest BCUT2D eigenvalue weighted by Crippen LogP contribution is 2.24. The predicted octanol–water partition coefficient (Wildman–Crippen LogP) is 4.01. The molecule has 0 bridgehead atoms. The molecule has 25 heavy (non-hydrogen) atoms. The number of para-hydroxylation sites is 1. The molecule has 0 fully saturated rings. The Morgan fingerprint density at radius 1 is 1.24 bits per heavy atom. The molecule has 5 nitrogen and oxygen atoms in total. The number of aromatic nitrogens is 2. The van der Waals surface area contributed by atoms with Gasteiger partial charge in [0, 0.05) is 17.1 Å². The molecule has 0 unspecified atom stereocenters. The Labute approximate surface area is 152 Å². The second-order valence-corrected chi connectivity index (χ2v) is 7.01. The number of ketones is 1. The maximum absolute atomic E-state index is 11.8. The minimum Gasteiger partial charge on any atom is -0.455 e. The van der Waals surface area contributed by atoms with E-state index in [1.54, 1.807) is 38.5 Å². The minimum atomic E-state index is -0.597. The first kappa shape index (κ1) is 18.9. The second kappa shape index (κ2) is 7.66. The van der Waals surface area contributed by atoms with Crippen LogP contribution in [-0.2, 0) is 14.3 Å². The van der Waals surface area contributed by atoms with Crippen LogP contribution in [0.15, 0.2) is 36.4 Å². The summed E-state index contributed by atoms with van der Waals surface area (Å²) >= 11 is 6.38. The lowest BCUT2D eigenvalue weighted by Gasteiger charge is -2.15. The number of hydrogen-bond acceptors (Lipinski definition) is 4. The highest BCUT2D eigenvalue weighted by Gasteiger charge is 2.22. The molecule has 0 spiro atoms. The van der Waals surface area contributed by atoms with E-state index in [1.807, 2.05) is 30.3 Å². The van der Waals surface area contributed by atoms with Crippen LogP contribution in [0.25, 0.3) is 11.8 Å². The lowest BCUT2D eigenvalue weighted by atomic mass is 9.91. The maximum Gasteiger partial charge on any atom is 0.331 e. The molecule has 0 amide bonds. The fraction of sp³-hybridized carbons (Fsp3) is 0.316. The monoisotopic (exact) mass is 360 g/mol. The lowest BCUT2D eigenvalue weighted by Crippen LogP contribution is -2.25. The van der Waals surface area contributed by atoms with Crippen LogP contribution in [0.5, 0.6) is 0 Å². The Hall–Kier alpha value is -2.40. The van der Waals surface area contributed by atoms with Crippen molar-refractivity contribution in [3.05, 3.63) is 52.8 Å². The van der Waals surface area contributed by atoms with E-state index in [2.05, 4.69) is 5.10 Å².